The van der Waals surface area contributed by atoms with Gasteiger partial charge in [-0.15, -0.1) is 5.10 Å². The first kappa shape index (κ1) is 23.6. The second-order valence-corrected chi connectivity index (χ2v) is 10.2. The third-order valence-corrected chi connectivity index (χ3v) is 7.79. The van der Waals surface area contributed by atoms with E-state index in [-0.39, 0.29) is 17.1 Å². The molecule has 0 radical (unpaired) electrons. The Kier molecular flexibility index (Phi) is 6.71. The van der Waals surface area contributed by atoms with Crippen molar-refractivity contribution in [3.8, 4) is 0 Å². The number of hydrogen-bond acceptors (Lipinski definition) is 5. The Morgan fingerprint density at radius 3 is 2.61 bits per heavy atom. The molecule has 7 nitrogen and oxygen atoms in total. The summed E-state index contributed by atoms with van der Waals surface area (Å²) in [7, 11) is 0. The first-order valence-corrected chi connectivity index (χ1v) is 12.4. The van der Waals surface area contributed by atoms with Crippen LogP contribution in [0.5, 0.6) is 0 Å². The highest BCUT2D eigenvalue weighted by molar-refractivity contribution is 5.83. The number of aromatic nitrogens is 5. The van der Waals surface area contributed by atoms with Gasteiger partial charge in [-0.1, -0.05) is 38.8 Å². The Labute approximate surface area is 196 Å². The van der Waals surface area contributed by atoms with Crippen molar-refractivity contribution in [2.45, 2.75) is 104 Å². The van der Waals surface area contributed by atoms with E-state index in [4.69, 9.17) is 0 Å². The van der Waals surface area contributed by atoms with Crippen molar-refractivity contribution in [2.75, 3.05) is 0 Å². The van der Waals surface area contributed by atoms with Crippen molar-refractivity contribution in [3.05, 3.63) is 51.1 Å². The lowest BCUT2D eigenvalue weighted by molar-refractivity contribution is 0.106. The van der Waals surface area contributed by atoms with E-state index in [2.05, 4.69) is 85.2 Å². The van der Waals surface area contributed by atoms with E-state index in [1.54, 1.807) is 0 Å². The SMILES string of the molecule is CC[C@@H](c1nnnn1C(C)(C)CC)N(Cc1cc2ccc(C)c(C)c2[nH]c1=O)C1CCCC1. The molecule has 0 saturated heterocycles. The molecule has 0 unspecified atom stereocenters. The second kappa shape index (κ2) is 9.37. The van der Waals surface area contributed by atoms with E-state index in [0.29, 0.717) is 12.6 Å². The maximum absolute atomic E-state index is 13.2. The van der Waals surface area contributed by atoms with E-state index in [0.717, 1.165) is 53.5 Å². The molecule has 2 aromatic heterocycles. The average Bonchev–Trinajstić information content (AvgIpc) is 3.50. The number of aromatic amines is 1. The molecule has 4 rings (SSSR count). The zero-order valence-electron chi connectivity index (χ0n) is 21.0. The first-order valence-electron chi connectivity index (χ1n) is 12.4. The van der Waals surface area contributed by atoms with Gasteiger partial charge in [0.15, 0.2) is 5.82 Å². The lowest BCUT2D eigenvalue weighted by atomic mass is 10.00. The van der Waals surface area contributed by atoms with Crippen LogP contribution in [0.3, 0.4) is 0 Å². The standard InChI is InChI=1S/C26H38N6O/c1-7-22(24-28-29-30-32(24)26(5,6)8-2)31(21-11-9-10-12-21)16-20-15-19-14-13-17(3)18(4)23(19)27-25(20)33/h13-15,21-22H,7-12,16H2,1-6H3,(H,27,33)/t22-/m0/s1. The molecule has 0 bridgehead atoms. The predicted octanol–water partition coefficient (Wildman–Crippen LogP) is 5.17. The van der Waals surface area contributed by atoms with Gasteiger partial charge in [0.2, 0.25) is 0 Å². The number of H-pyrrole nitrogens is 1. The van der Waals surface area contributed by atoms with Gasteiger partial charge in [0.1, 0.15) is 0 Å². The summed E-state index contributed by atoms with van der Waals surface area (Å²) in [6, 6.07) is 6.81. The highest BCUT2D eigenvalue weighted by Crippen LogP contribution is 2.35. The zero-order valence-corrected chi connectivity index (χ0v) is 21.0. The van der Waals surface area contributed by atoms with Gasteiger partial charge in [0.05, 0.1) is 17.1 Å². The smallest absolute Gasteiger partial charge is 0.252 e. The molecule has 1 aromatic carbocycles. The minimum atomic E-state index is -0.163. The largest absolute Gasteiger partial charge is 0.321 e. The van der Waals surface area contributed by atoms with Gasteiger partial charge in [-0.25, -0.2) is 4.68 Å². The van der Waals surface area contributed by atoms with Crippen LogP contribution in [0.4, 0.5) is 0 Å². The molecule has 3 aromatic rings. The molecule has 0 aliphatic heterocycles. The van der Waals surface area contributed by atoms with Crippen molar-refractivity contribution in [2.24, 2.45) is 0 Å². The molecule has 0 amide bonds. The molecule has 2 heterocycles. The molecular weight excluding hydrogens is 412 g/mol. The summed E-state index contributed by atoms with van der Waals surface area (Å²) in [6.45, 7) is 13.5. The number of tetrazole rings is 1. The van der Waals surface area contributed by atoms with E-state index in [9.17, 15) is 4.79 Å². The molecule has 33 heavy (non-hydrogen) atoms. The van der Waals surface area contributed by atoms with Crippen molar-refractivity contribution < 1.29 is 0 Å². The second-order valence-electron chi connectivity index (χ2n) is 10.2. The topological polar surface area (TPSA) is 79.7 Å². The normalized spacial score (nSPS) is 16.2. The number of pyridine rings is 1. The molecule has 1 saturated carbocycles. The monoisotopic (exact) mass is 450 g/mol. The van der Waals surface area contributed by atoms with E-state index in [1.807, 2.05) is 4.68 Å². The van der Waals surface area contributed by atoms with Crippen LogP contribution in [0.2, 0.25) is 0 Å². The fraction of sp³-hybridized carbons (Fsp3) is 0.615. The fourth-order valence-corrected chi connectivity index (χ4v) is 5.16. The summed E-state index contributed by atoms with van der Waals surface area (Å²) in [6.07, 6.45) is 6.59. The zero-order chi connectivity index (χ0) is 23.8. The minimum absolute atomic E-state index is 0.00234. The van der Waals surface area contributed by atoms with Crippen molar-refractivity contribution in [1.29, 1.82) is 0 Å². The number of nitrogens with one attached hydrogen (secondary N) is 1. The van der Waals surface area contributed by atoms with Crippen LogP contribution in [-0.4, -0.2) is 36.1 Å². The number of fused-ring (bicyclic) bond motifs is 1. The lowest BCUT2D eigenvalue weighted by Crippen LogP contribution is -2.40. The van der Waals surface area contributed by atoms with Crippen LogP contribution >= 0.6 is 0 Å². The molecule has 1 aliphatic carbocycles. The van der Waals surface area contributed by atoms with Crippen LogP contribution in [-0.2, 0) is 12.1 Å². The Bertz CT molecular complexity index is 1170. The van der Waals surface area contributed by atoms with Crippen LogP contribution in [0.15, 0.2) is 23.0 Å². The van der Waals surface area contributed by atoms with Gasteiger partial charge >= 0.3 is 0 Å². The van der Waals surface area contributed by atoms with Crippen molar-refractivity contribution >= 4 is 10.9 Å². The number of aryl methyl sites for hydroxylation is 2. The summed E-state index contributed by atoms with van der Waals surface area (Å²) in [5.74, 6) is 0.903. The van der Waals surface area contributed by atoms with Gasteiger partial charge in [0.25, 0.3) is 5.56 Å². The molecule has 1 aliphatic rings. The van der Waals surface area contributed by atoms with Gasteiger partial charge in [-0.2, -0.15) is 0 Å². The van der Waals surface area contributed by atoms with Gasteiger partial charge in [-0.05, 0) is 86.4 Å². The molecule has 1 N–H and O–H groups in total. The third kappa shape index (κ3) is 4.47. The van der Waals surface area contributed by atoms with Crippen molar-refractivity contribution in [1.82, 2.24) is 30.1 Å². The van der Waals surface area contributed by atoms with Crippen LogP contribution in [0.1, 0.15) is 94.8 Å². The Hall–Kier alpha value is -2.54. The van der Waals surface area contributed by atoms with Gasteiger partial charge < -0.3 is 4.98 Å². The van der Waals surface area contributed by atoms with Gasteiger partial charge in [0, 0.05) is 18.2 Å². The Morgan fingerprint density at radius 2 is 1.94 bits per heavy atom. The summed E-state index contributed by atoms with van der Waals surface area (Å²) in [5.41, 5.74) is 3.92. The molecule has 0 spiro atoms. The van der Waals surface area contributed by atoms with Crippen molar-refractivity contribution in [3.63, 3.8) is 0 Å². The highest BCUT2D eigenvalue weighted by Gasteiger charge is 2.35. The maximum atomic E-state index is 13.2. The molecule has 1 fully saturated rings. The molecular formula is C26H38N6O. The first-order chi connectivity index (χ1) is 15.8. The quantitative estimate of drug-likeness (QED) is 0.512. The third-order valence-electron chi connectivity index (χ3n) is 7.79. The lowest BCUT2D eigenvalue weighted by Gasteiger charge is -2.36. The molecule has 1 atom stereocenters. The van der Waals surface area contributed by atoms with E-state index >= 15 is 0 Å². The summed E-state index contributed by atoms with van der Waals surface area (Å²) in [4.78, 5) is 18.9. The number of hydrogen-bond donors (Lipinski definition) is 1. The number of benzene rings is 1. The summed E-state index contributed by atoms with van der Waals surface area (Å²) in [5, 5.41) is 14.0. The van der Waals surface area contributed by atoms with Crippen LogP contribution in [0, 0.1) is 13.8 Å². The van der Waals surface area contributed by atoms with Gasteiger partial charge in [-0.3, -0.25) is 9.69 Å². The Balaban J connectivity index is 1.76. The molecule has 7 heteroatoms. The number of rotatable bonds is 8. The fourth-order valence-electron chi connectivity index (χ4n) is 5.16. The summed E-state index contributed by atoms with van der Waals surface area (Å²) >= 11 is 0. The molecule has 178 valence electrons. The summed E-state index contributed by atoms with van der Waals surface area (Å²) < 4.78 is 2.00. The average molecular weight is 451 g/mol. The highest BCUT2D eigenvalue weighted by atomic mass is 16.1. The van der Waals surface area contributed by atoms with E-state index in [1.165, 1.54) is 18.4 Å². The predicted molar refractivity (Wildman–Crippen MR) is 132 cm³/mol. The van der Waals surface area contributed by atoms with Crippen LogP contribution < -0.4 is 5.56 Å². The number of nitrogens with zero attached hydrogens (tertiary/aromatic N) is 5. The minimum Gasteiger partial charge on any atom is -0.321 e. The Morgan fingerprint density at radius 1 is 1.21 bits per heavy atom. The van der Waals surface area contributed by atoms with Crippen LogP contribution in [0.25, 0.3) is 10.9 Å². The van der Waals surface area contributed by atoms with E-state index < -0.39 is 0 Å². The maximum Gasteiger partial charge on any atom is 0.252 e.